The maximum absolute atomic E-state index is 5.66. The molecular weight excluding hydrogens is 372 g/mol. The molecule has 0 heterocycles. The summed E-state index contributed by atoms with van der Waals surface area (Å²) in [7, 11) is 0. The van der Waals surface area contributed by atoms with Crippen molar-refractivity contribution in [2.75, 3.05) is 13.2 Å². The van der Waals surface area contributed by atoms with Crippen molar-refractivity contribution in [3.63, 3.8) is 0 Å². The third kappa shape index (κ3) is 4.55. The molecule has 0 aliphatic carbocycles. The number of hydrogen-bond acceptors (Lipinski definition) is 2. The van der Waals surface area contributed by atoms with Crippen molar-refractivity contribution in [2.24, 2.45) is 0 Å². The van der Waals surface area contributed by atoms with Crippen LogP contribution in [0.3, 0.4) is 0 Å². The second-order valence-electron chi connectivity index (χ2n) is 4.08. The molecule has 0 N–H and O–H groups in total. The zero-order valence-corrected chi connectivity index (χ0v) is 13.7. The zero-order valence-electron chi connectivity index (χ0n) is 10.5. The molecule has 2 aromatic rings. The largest absolute Gasteiger partial charge is 0.490 e. The molecular formula is C15H14Br2O2. The fraction of sp³-hybridized carbons (Fsp3) is 0.200. The maximum atomic E-state index is 5.66. The van der Waals surface area contributed by atoms with Crippen molar-refractivity contribution >= 4 is 31.9 Å². The van der Waals surface area contributed by atoms with Gasteiger partial charge in [-0.15, -0.1) is 0 Å². The SMILES string of the molecule is Cc1ccc(OCCOc2ccc(Br)cc2)c(Br)c1. The lowest BCUT2D eigenvalue weighted by Crippen LogP contribution is -2.09. The molecule has 2 nitrogen and oxygen atoms in total. The highest BCUT2D eigenvalue weighted by molar-refractivity contribution is 9.10. The van der Waals surface area contributed by atoms with Gasteiger partial charge < -0.3 is 9.47 Å². The third-order valence-corrected chi connectivity index (χ3v) is 3.66. The summed E-state index contributed by atoms with van der Waals surface area (Å²) in [5, 5.41) is 0. The van der Waals surface area contributed by atoms with Gasteiger partial charge in [-0.25, -0.2) is 0 Å². The minimum atomic E-state index is 0.512. The van der Waals surface area contributed by atoms with Crippen LogP contribution in [0.4, 0.5) is 0 Å². The number of hydrogen-bond donors (Lipinski definition) is 0. The minimum absolute atomic E-state index is 0.512. The van der Waals surface area contributed by atoms with Gasteiger partial charge in [0, 0.05) is 4.47 Å². The Bertz CT molecular complexity index is 538. The molecule has 0 fully saturated rings. The first-order chi connectivity index (χ1) is 9.15. The van der Waals surface area contributed by atoms with Crippen LogP contribution >= 0.6 is 31.9 Å². The molecule has 0 saturated heterocycles. The van der Waals surface area contributed by atoms with E-state index in [2.05, 4.69) is 31.9 Å². The first-order valence-corrected chi connectivity index (χ1v) is 7.51. The van der Waals surface area contributed by atoms with Gasteiger partial charge in [-0.1, -0.05) is 22.0 Å². The Morgan fingerprint density at radius 2 is 1.58 bits per heavy atom. The highest BCUT2D eigenvalue weighted by atomic mass is 79.9. The van der Waals surface area contributed by atoms with E-state index in [-0.39, 0.29) is 0 Å². The summed E-state index contributed by atoms with van der Waals surface area (Å²) in [6.45, 7) is 3.07. The van der Waals surface area contributed by atoms with Gasteiger partial charge in [-0.3, -0.25) is 0 Å². The van der Waals surface area contributed by atoms with Crippen molar-refractivity contribution in [3.05, 3.63) is 57.0 Å². The van der Waals surface area contributed by atoms with Crippen molar-refractivity contribution in [1.82, 2.24) is 0 Å². The fourth-order valence-electron chi connectivity index (χ4n) is 1.56. The predicted molar refractivity (Wildman–Crippen MR) is 84.0 cm³/mol. The van der Waals surface area contributed by atoms with Crippen molar-refractivity contribution in [2.45, 2.75) is 6.92 Å². The van der Waals surface area contributed by atoms with Crippen LogP contribution < -0.4 is 9.47 Å². The third-order valence-electron chi connectivity index (χ3n) is 2.51. The summed E-state index contributed by atoms with van der Waals surface area (Å²) in [4.78, 5) is 0. The van der Waals surface area contributed by atoms with Gasteiger partial charge in [0.15, 0.2) is 0 Å². The van der Waals surface area contributed by atoms with Gasteiger partial charge in [-0.05, 0) is 64.8 Å². The lowest BCUT2D eigenvalue weighted by molar-refractivity contribution is 0.216. The van der Waals surface area contributed by atoms with Crippen LogP contribution in [0.5, 0.6) is 11.5 Å². The van der Waals surface area contributed by atoms with Crippen LogP contribution in [0.1, 0.15) is 5.56 Å². The lowest BCUT2D eigenvalue weighted by Gasteiger charge is -2.10. The molecule has 0 radical (unpaired) electrons. The predicted octanol–water partition coefficient (Wildman–Crippen LogP) is 4.98. The quantitative estimate of drug-likeness (QED) is 0.676. The summed E-state index contributed by atoms with van der Waals surface area (Å²) in [5.41, 5.74) is 1.20. The Morgan fingerprint density at radius 1 is 0.895 bits per heavy atom. The molecule has 2 rings (SSSR count). The molecule has 0 aliphatic heterocycles. The topological polar surface area (TPSA) is 18.5 Å². The number of rotatable bonds is 5. The van der Waals surface area contributed by atoms with Gasteiger partial charge in [0.2, 0.25) is 0 Å². The summed E-state index contributed by atoms with van der Waals surface area (Å²) in [5.74, 6) is 1.68. The van der Waals surface area contributed by atoms with Crippen LogP contribution in [0.15, 0.2) is 51.4 Å². The average Bonchev–Trinajstić information content (AvgIpc) is 2.39. The van der Waals surface area contributed by atoms with Crippen LogP contribution in [-0.2, 0) is 0 Å². The molecule has 4 heteroatoms. The molecule has 0 aliphatic rings. The number of halogens is 2. The highest BCUT2D eigenvalue weighted by Gasteiger charge is 2.01. The van der Waals surface area contributed by atoms with Crippen LogP contribution in [0, 0.1) is 6.92 Å². The summed E-state index contributed by atoms with van der Waals surface area (Å²) < 4.78 is 13.3. The van der Waals surface area contributed by atoms with E-state index < -0.39 is 0 Å². The van der Waals surface area contributed by atoms with Gasteiger partial charge in [0.05, 0.1) is 4.47 Å². The van der Waals surface area contributed by atoms with Crippen LogP contribution in [0.2, 0.25) is 0 Å². The van der Waals surface area contributed by atoms with E-state index in [1.165, 1.54) is 5.56 Å². The molecule has 0 saturated carbocycles. The monoisotopic (exact) mass is 384 g/mol. The Hall–Kier alpha value is -1.000. The molecule has 19 heavy (non-hydrogen) atoms. The van der Waals surface area contributed by atoms with E-state index in [1.807, 2.05) is 49.4 Å². The summed E-state index contributed by atoms with van der Waals surface area (Å²) >= 11 is 6.87. The Balaban J connectivity index is 1.79. The first-order valence-electron chi connectivity index (χ1n) is 5.92. The molecule has 0 amide bonds. The molecule has 0 spiro atoms. The van der Waals surface area contributed by atoms with Crippen molar-refractivity contribution in [3.8, 4) is 11.5 Å². The molecule has 0 atom stereocenters. The Morgan fingerprint density at radius 3 is 2.26 bits per heavy atom. The van der Waals surface area contributed by atoms with E-state index in [0.29, 0.717) is 13.2 Å². The minimum Gasteiger partial charge on any atom is -0.490 e. The average molecular weight is 386 g/mol. The van der Waals surface area contributed by atoms with Gasteiger partial charge in [0.25, 0.3) is 0 Å². The number of benzene rings is 2. The van der Waals surface area contributed by atoms with Gasteiger partial charge in [-0.2, -0.15) is 0 Å². The van der Waals surface area contributed by atoms with E-state index in [0.717, 1.165) is 20.4 Å². The first kappa shape index (κ1) is 14.4. The molecule has 0 aromatic heterocycles. The van der Waals surface area contributed by atoms with Gasteiger partial charge >= 0.3 is 0 Å². The van der Waals surface area contributed by atoms with Crippen molar-refractivity contribution < 1.29 is 9.47 Å². The highest BCUT2D eigenvalue weighted by Crippen LogP contribution is 2.25. The maximum Gasteiger partial charge on any atom is 0.133 e. The van der Waals surface area contributed by atoms with Crippen molar-refractivity contribution in [1.29, 1.82) is 0 Å². The second-order valence-corrected chi connectivity index (χ2v) is 5.85. The van der Waals surface area contributed by atoms with Gasteiger partial charge in [0.1, 0.15) is 24.7 Å². The molecule has 2 aromatic carbocycles. The van der Waals surface area contributed by atoms with E-state index >= 15 is 0 Å². The summed E-state index contributed by atoms with van der Waals surface area (Å²) in [6.07, 6.45) is 0. The van der Waals surface area contributed by atoms with E-state index in [1.54, 1.807) is 0 Å². The molecule has 100 valence electrons. The van der Waals surface area contributed by atoms with E-state index in [9.17, 15) is 0 Å². The van der Waals surface area contributed by atoms with E-state index in [4.69, 9.17) is 9.47 Å². The Labute approximate surface area is 130 Å². The van der Waals surface area contributed by atoms with Crippen LogP contribution in [-0.4, -0.2) is 13.2 Å². The number of aryl methyl sites for hydroxylation is 1. The van der Waals surface area contributed by atoms with Crippen LogP contribution in [0.25, 0.3) is 0 Å². The smallest absolute Gasteiger partial charge is 0.133 e. The zero-order chi connectivity index (χ0) is 13.7. The summed E-state index contributed by atoms with van der Waals surface area (Å²) in [6, 6.07) is 13.8. The number of ether oxygens (including phenoxy) is 2. The molecule has 0 bridgehead atoms. The standard InChI is InChI=1S/C15H14Br2O2/c1-11-2-7-15(14(17)10-11)19-9-8-18-13-5-3-12(16)4-6-13/h2-7,10H,8-9H2,1H3. The Kier molecular flexibility index (Phi) is 5.28. The normalized spacial score (nSPS) is 10.3. The fourth-order valence-corrected chi connectivity index (χ4v) is 2.44. The molecule has 0 unspecified atom stereocenters. The lowest BCUT2D eigenvalue weighted by atomic mass is 10.2. The second kappa shape index (κ2) is 6.96.